The SMILES string of the molecule is CSNC1CCc2cc(C(C)O)nn2C1Cc1cccc(-c2ccccc2)c1. The van der Waals surface area contributed by atoms with Crippen LogP contribution in [0.2, 0.25) is 0 Å². The summed E-state index contributed by atoms with van der Waals surface area (Å²) >= 11 is 1.67. The van der Waals surface area contributed by atoms with Crippen LogP contribution >= 0.6 is 11.9 Å². The van der Waals surface area contributed by atoms with Crippen molar-refractivity contribution in [1.82, 2.24) is 14.5 Å². The number of aliphatic hydroxyl groups is 1. The molecule has 1 aromatic heterocycles. The van der Waals surface area contributed by atoms with Crippen LogP contribution in [0.3, 0.4) is 0 Å². The van der Waals surface area contributed by atoms with Crippen LogP contribution in [0.25, 0.3) is 11.1 Å². The van der Waals surface area contributed by atoms with E-state index in [1.165, 1.54) is 22.4 Å². The summed E-state index contributed by atoms with van der Waals surface area (Å²) in [5, 5.41) is 14.7. The molecule has 0 spiro atoms. The van der Waals surface area contributed by atoms with Crippen molar-refractivity contribution in [3.05, 3.63) is 77.6 Å². The van der Waals surface area contributed by atoms with Crippen LogP contribution < -0.4 is 4.72 Å². The van der Waals surface area contributed by atoms with Crippen molar-refractivity contribution in [1.29, 1.82) is 0 Å². The van der Waals surface area contributed by atoms with E-state index in [4.69, 9.17) is 5.10 Å². The molecule has 0 fully saturated rings. The van der Waals surface area contributed by atoms with Gasteiger partial charge in [0.2, 0.25) is 0 Å². The first-order valence-electron chi connectivity index (χ1n) is 9.85. The molecule has 0 bridgehead atoms. The molecule has 4 rings (SSSR count). The number of rotatable bonds is 6. The van der Waals surface area contributed by atoms with E-state index < -0.39 is 6.10 Å². The molecule has 0 saturated carbocycles. The predicted octanol–water partition coefficient (Wildman–Crippen LogP) is 4.57. The number of hydrogen-bond acceptors (Lipinski definition) is 4. The molecule has 0 amide bonds. The van der Waals surface area contributed by atoms with Crippen LogP contribution in [0, 0.1) is 0 Å². The number of hydrogen-bond donors (Lipinski definition) is 2. The van der Waals surface area contributed by atoms with Crippen LogP contribution in [0.15, 0.2) is 60.7 Å². The maximum absolute atomic E-state index is 9.99. The lowest BCUT2D eigenvalue weighted by molar-refractivity contribution is 0.191. The normalized spacial score (nSPS) is 20.0. The van der Waals surface area contributed by atoms with E-state index in [1.807, 2.05) is 6.07 Å². The largest absolute Gasteiger partial charge is 0.387 e. The minimum atomic E-state index is -0.535. The Bertz CT molecular complexity index is 923. The number of nitrogens with zero attached hydrogens (tertiary/aromatic N) is 2. The smallest absolute Gasteiger partial charge is 0.0950 e. The lowest BCUT2D eigenvalue weighted by Crippen LogP contribution is -2.40. The fraction of sp³-hybridized carbons (Fsp3) is 0.348. The molecular formula is C23H27N3OS. The molecule has 3 unspecified atom stereocenters. The molecule has 0 aliphatic carbocycles. The van der Waals surface area contributed by atoms with E-state index in [9.17, 15) is 5.11 Å². The fourth-order valence-corrected chi connectivity index (χ4v) is 4.64. The van der Waals surface area contributed by atoms with Gasteiger partial charge < -0.3 is 5.11 Å². The van der Waals surface area contributed by atoms with Crippen LogP contribution in [0.1, 0.15) is 42.4 Å². The molecule has 2 aromatic carbocycles. The van der Waals surface area contributed by atoms with Crippen molar-refractivity contribution < 1.29 is 5.11 Å². The Balaban J connectivity index is 1.65. The van der Waals surface area contributed by atoms with Crippen molar-refractivity contribution >= 4 is 11.9 Å². The minimum absolute atomic E-state index is 0.231. The Morgan fingerprint density at radius 2 is 1.93 bits per heavy atom. The van der Waals surface area contributed by atoms with E-state index in [0.717, 1.165) is 25.0 Å². The molecule has 1 aliphatic heterocycles. The highest BCUT2D eigenvalue weighted by Crippen LogP contribution is 2.31. The lowest BCUT2D eigenvalue weighted by atomic mass is 9.91. The third-order valence-electron chi connectivity index (χ3n) is 5.50. The van der Waals surface area contributed by atoms with Gasteiger partial charge in [0.05, 0.1) is 17.8 Å². The molecule has 5 heteroatoms. The van der Waals surface area contributed by atoms with E-state index in [1.54, 1.807) is 18.9 Å². The van der Waals surface area contributed by atoms with Crippen molar-refractivity contribution in [3.8, 4) is 11.1 Å². The second-order valence-electron chi connectivity index (χ2n) is 7.49. The van der Waals surface area contributed by atoms with Crippen molar-refractivity contribution in [2.75, 3.05) is 6.26 Å². The molecule has 146 valence electrons. The van der Waals surface area contributed by atoms with Crippen molar-refractivity contribution in [2.45, 2.75) is 44.4 Å². The van der Waals surface area contributed by atoms with Crippen LogP contribution in [-0.4, -0.2) is 27.2 Å². The molecule has 4 nitrogen and oxygen atoms in total. The average molecular weight is 394 g/mol. The third-order valence-corrected chi connectivity index (χ3v) is 6.04. The van der Waals surface area contributed by atoms with Crippen molar-refractivity contribution in [2.24, 2.45) is 0 Å². The zero-order chi connectivity index (χ0) is 19.5. The second kappa shape index (κ2) is 8.52. The zero-order valence-corrected chi connectivity index (χ0v) is 17.2. The number of aromatic nitrogens is 2. The van der Waals surface area contributed by atoms with Gasteiger partial charge in [-0.1, -0.05) is 66.5 Å². The Hall–Kier alpha value is -2.08. The van der Waals surface area contributed by atoms with Gasteiger partial charge in [-0.3, -0.25) is 9.40 Å². The van der Waals surface area contributed by atoms with Gasteiger partial charge in [-0.2, -0.15) is 5.10 Å². The number of nitrogens with one attached hydrogen (secondary N) is 1. The maximum Gasteiger partial charge on any atom is 0.0950 e. The summed E-state index contributed by atoms with van der Waals surface area (Å²) in [5.41, 5.74) is 5.78. The molecule has 3 aromatic rings. The summed E-state index contributed by atoms with van der Waals surface area (Å²) in [4.78, 5) is 0. The Morgan fingerprint density at radius 3 is 2.68 bits per heavy atom. The predicted molar refractivity (Wildman–Crippen MR) is 116 cm³/mol. The van der Waals surface area contributed by atoms with Crippen molar-refractivity contribution in [3.63, 3.8) is 0 Å². The van der Waals surface area contributed by atoms with Crippen LogP contribution in [-0.2, 0) is 12.8 Å². The highest BCUT2D eigenvalue weighted by Gasteiger charge is 2.31. The lowest BCUT2D eigenvalue weighted by Gasteiger charge is -2.33. The van der Waals surface area contributed by atoms with E-state index in [0.29, 0.717) is 6.04 Å². The topological polar surface area (TPSA) is 50.1 Å². The van der Waals surface area contributed by atoms with Gasteiger partial charge in [0.25, 0.3) is 0 Å². The first kappa shape index (κ1) is 19.2. The summed E-state index contributed by atoms with van der Waals surface area (Å²) in [5.74, 6) is 0. The van der Waals surface area contributed by atoms with Gasteiger partial charge in [0, 0.05) is 11.7 Å². The minimum Gasteiger partial charge on any atom is -0.387 e. The average Bonchev–Trinajstić information content (AvgIpc) is 3.16. The quantitative estimate of drug-likeness (QED) is 0.603. The number of fused-ring (bicyclic) bond motifs is 1. The summed E-state index contributed by atoms with van der Waals surface area (Å²) < 4.78 is 5.72. The van der Waals surface area contributed by atoms with Crippen LogP contribution in [0.4, 0.5) is 0 Å². The fourth-order valence-electron chi connectivity index (χ4n) is 4.07. The summed E-state index contributed by atoms with van der Waals surface area (Å²) in [6.07, 6.45) is 4.51. The van der Waals surface area contributed by atoms with Gasteiger partial charge in [-0.25, -0.2) is 0 Å². The highest BCUT2D eigenvalue weighted by molar-refractivity contribution is 7.96. The molecule has 0 saturated heterocycles. The highest BCUT2D eigenvalue weighted by atomic mass is 32.2. The second-order valence-corrected chi connectivity index (χ2v) is 8.13. The first-order chi connectivity index (χ1) is 13.7. The molecule has 0 radical (unpaired) electrons. The Morgan fingerprint density at radius 1 is 1.14 bits per heavy atom. The Kier molecular flexibility index (Phi) is 5.85. The monoisotopic (exact) mass is 393 g/mol. The molecule has 1 aliphatic rings. The van der Waals surface area contributed by atoms with Gasteiger partial charge >= 0.3 is 0 Å². The summed E-state index contributed by atoms with van der Waals surface area (Å²) in [6, 6.07) is 22.0. The number of benzene rings is 2. The van der Waals surface area contributed by atoms with Gasteiger partial charge in [0.1, 0.15) is 0 Å². The molecule has 2 heterocycles. The van der Waals surface area contributed by atoms with Gasteiger partial charge in [0.15, 0.2) is 0 Å². The first-order valence-corrected chi connectivity index (χ1v) is 11.1. The third kappa shape index (κ3) is 4.02. The van der Waals surface area contributed by atoms with Crippen LogP contribution in [0.5, 0.6) is 0 Å². The van der Waals surface area contributed by atoms with E-state index in [2.05, 4.69) is 70.3 Å². The maximum atomic E-state index is 9.99. The standard InChI is InChI=1S/C23H27N3OS/c1-16(27)22-15-20-11-12-21(25-28-2)23(26(20)24-22)14-17-7-6-10-19(13-17)18-8-4-3-5-9-18/h3-10,13,15-16,21,23,25,27H,11-12,14H2,1-2H3. The number of aryl methyl sites for hydroxylation is 1. The zero-order valence-electron chi connectivity index (χ0n) is 16.4. The molecule has 28 heavy (non-hydrogen) atoms. The summed E-state index contributed by atoms with van der Waals surface area (Å²) in [6.45, 7) is 1.78. The van der Waals surface area contributed by atoms with Gasteiger partial charge in [-0.05, 0) is 55.2 Å². The molecule has 3 atom stereocenters. The van der Waals surface area contributed by atoms with E-state index in [-0.39, 0.29) is 6.04 Å². The number of aliphatic hydroxyl groups excluding tert-OH is 1. The van der Waals surface area contributed by atoms with Gasteiger partial charge in [-0.15, -0.1) is 0 Å². The Labute approximate surface area is 171 Å². The molecule has 2 N–H and O–H groups in total. The molecular weight excluding hydrogens is 366 g/mol. The van der Waals surface area contributed by atoms with E-state index >= 15 is 0 Å². The summed E-state index contributed by atoms with van der Waals surface area (Å²) in [7, 11) is 0.